The summed E-state index contributed by atoms with van der Waals surface area (Å²) in [5.74, 6) is -0.915. The lowest BCUT2D eigenvalue weighted by molar-refractivity contribution is -0.167. The molecule has 6 heteroatoms. The van der Waals surface area contributed by atoms with Gasteiger partial charge in [0.15, 0.2) is 6.10 Å². The monoisotopic (exact) mass is 1080 g/mol. The average Bonchev–Trinajstić information content (AvgIpc) is 3.44. The average molecular weight is 1080 g/mol. The molecule has 0 fully saturated rings. The first-order valence-electron chi connectivity index (χ1n) is 32.9. The summed E-state index contributed by atoms with van der Waals surface area (Å²) in [7, 11) is 0. The third-order valence-corrected chi connectivity index (χ3v) is 14.0. The number of esters is 3. The number of allylic oxidation sites excluding steroid dienone is 18. The van der Waals surface area contributed by atoms with Gasteiger partial charge in [0, 0.05) is 19.3 Å². The predicted molar refractivity (Wildman–Crippen MR) is 339 cm³/mol. The molecule has 1 unspecified atom stereocenters. The Morgan fingerprint density at radius 3 is 0.782 bits per heavy atom. The molecule has 0 spiro atoms. The van der Waals surface area contributed by atoms with Gasteiger partial charge in [-0.3, -0.25) is 14.4 Å². The number of carbonyl (C=O) groups is 3. The van der Waals surface area contributed by atoms with E-state index in [2.05, 4.69) is 130 Å². The second kappa shape index (κ2) is 65.6. The van der Waals surface area contributed by atoms with Gasteiger partial charge < -0.3 is 14.2 Å². The number of ether oxygens (including phenoxy) is 3. The molecule has 0 radical (unpaired) electrons. The normalized spacial score (nSPS) is 12.8. The largest absolute Gasteiger partial charge is 0.462 e. The van der Waals surface area contributed by atoms with Crippen LogP contribution in [-0.4, -0.2) is 37.2 Å². The van der Waals surface area contributed by atoms with Crippen LogP contribution >= 0.6 is 0 Å². The highest BCUT2D eigenvalue weighted by molar-refractivity contribution is 5.71. The Morgan fingerprint density at radius 1 is 0.269 bits per heavy atom. The van der Waals surface area contributed by atoms with Crippen LogP contribution in [0.1, 0.15) is 310 Å². The second-order valence-corrected chi connectivity index (χ2v) is 21.7. The summed E-state index contributed by atoms with van der Waals surface area (Å²) in [6.45, 7) is 6.50. The van der Waals surface area contributed by atoms with Crippen molar-refractivity contribution in [1.82, 2.24) is 0 Å². The fraction of sp³-hybridized carbons (Fsp3) is 0.708. The predicted octanol–water partition coefficient (Wildman–Crippen LogP) is 22.6. The van der Waals surface area contributed by atoms with Crippen molar-refractivity contribution in [1.29, 1.82) is 0 Å². The molecule has 0 aliphatic rings. The molecule has 0 amide bonds. The first-order valence-corrected chi connectivity index (χ1v) is 32.9. The van der Waals surface area contributed by atoms with Crippen LogP contribution in [0.25, 0.3) is 0 Å². The van der Waals surface area contributed by atoms with E-state index in [4.69, 9.17) is 14.2 Å². The van der Waals surface area contributed by atoms with Crippen LogP contribution in [0.5, 0.6) is 0 Å². The molecule has 0 aliphatic heterocycles. The standard InChI is InChI=1S/C72H122O6/c1-4-7-10-13-16-19-21-23-25-27-29-31-32-33-34-35-36-37-38-39-40-42-43-45-47-49-51-53-56-59-62-65-71(74)77-68-69(67-76-70(73)64-61-58-55-18-15-12-9-6-3)78-72(75)66-63-60-57-54-52-50-48-46-44-41-30-28-26-24-22-20-17-14-11-8-5-2/h7,10,16,19,23,25,29,31,33-34,36-37,39-40,43,45,49,51,69H,4-6,8-9,11-15,17-18,20-22,24,26-28,30,32,35,38,41-42,44,46-48,50,52-68H2,1-3H3/b10-7-,19-16-,25-23-,31-29-,34-33-,37-36-,40-39-,45-43-,51-49-. The zero-order valence-electron chi connectivity index (χ0n) is 51.2. The maximum atomic E-state index is 12.9. The number of rotatable bonds is 59. The lowest BCUT2D eigenvalue weighted by Gasteiger charge is -2.18. The summed E-state index contributed by atoms with van der Waals surface area (Å²) in [4.78, 5) is 38.1. The zero-order chi connectivity index (χ0) is 56.4. The Morgan fingerprint density at radius 2 is 0.500 bits per heavy atom. The lowest BCUT2D eigenvalue weighted by Crippen LogP contribution is -2.30. The minimum atomic E-state index is -0.789. The topological polar surface area (TPSA) is 78.9 Å². The molecule has 0 aromatic carbocycles. The number of hydrogen-bond donors (Lipinski definition) is 0. The van der Waals surface area contributed by atoms with Crippen molar-refractivity contribution in [3.63, 3.8) is 0 Å². The van der Waals surface area contributed by atoms with E-state index in [0.29, 0.717) is 19.3 Å². The molecular weight excluding hydrogens is 961 g/mol. The minimum absolute atomic E-state index is 0.0858. The fourth-order valence-corrected chi connectivity index (χ4v) is 9.14. The Kier molecular flexibility index (Phi) is 62.3. The van der Waals surface area contributed by atoms with Gasteiger partial charge in [0.05, 0.1) is 0 Å². The fourth-order valence-electron chi connectivity index (χ4n) is 9.14. The van der Waals surface area contributed by atoms with Crippen molar-refractivity contribution in [2.45, 2.75) is 316 Å². The summed E-state index contributed by atoms with van der Waals surface area (Å²) < 4.78 is 16.8. The number of hydrogen-bond acceptors (Lipinski definition) is 6. The van der Waals surface area contributed by atoms with Gasteiger partial charge in [0.1, 0.15) is 13.2 Å². The lowest BCUT2D eigenvalue weighted by atomic mass is 10.0. The molecule has 6 nitrogen and oxygen atoms in total. The molecule has 0 heterocycles. The van der Waals surface area contributed by atoms with Gasteiger partial charge in [-0.05, 0) is 89.9 Å². The van der Waals surface area contributed by atoms with Gasteiger partial charge in [0.25, 0.3) is 0 Å². The van der Waals surface area contributed by atoms with E-state index in [1.54, 1.807) is 0 Å². The van der Waals surface area contributed by atoms with Crippen LogP contribution < -0.4 is 0 Å². The third kappa shape index (κ3) is 62.9. The molecule has 78 heavy (non-hydrogen) atoms. The quantitative estimate of drug-likeness (QED) is 0.0261. The number of unbranched alkanes of at least 4 members (excludes halogenated alkanes) is 30. The van der Waals surface area contributed by atoms with Gasteiger partial charge >= 0.3 is 17.9 Å². The van der Waals surface area contributed by atoms with Crippen molar-refractivity contribution >= 4 is 17.9 Å². The van der Waals surface area contributed by atoms with E-state index >= 15 is 0 Å². The highest BCUT2D eigenvalue weighted by Gasteiger charge is 2.19. The second-order valence-electron chi connectivity index (χ2n) is 21.7. The number of carbonyl (C=O) groups excluding carboxylic acids is 3. The van der Waals surface area contributed by atoms with Gasteiger partial charge in [-0.2, -0.15) is 0 Å². The molecule has 1 atom stereocenters. The van der Waals surface area contributed by atoms with Gasteiger partial charge in [0.2, 0.25) is 0 Å². The Balaban J connectivity index is 4.24. The maximum absolute atomic E-state index is 12.9. The zero-order valence-corrected chi connectivity index (χ0v) is 51.2. The van der Waals surface area contributed by atoms with Crippen LogP contribution in [0.4, 0.5) is 0 Å². The molecule has 0 aromatic heterocycles. The summed E-state index contributed by atoms with van der Waals surface area (Å²) in [6.07, 6.45) is 89.8. The van der Waals surface area contributed by atoms with Crippen molar-refractivity contribution in [2.75, 3.05) is 13.2 Å². The van der Waals surface area contributed by atoms with Crippen LogP contribution in [0.2, 0.25) is 0 Å². The SMILES string of the molecule is CC/C=C\C/C=C\C/C=C\C/C=C\C/C=C\C/C=C\C/C=C\C/C=C\C/C=C\CCCCCC(=O)OCC(COC(=O)CCCCCCCCCC)OC(=O)CCCCCCCCCCCCCCCCCCCCCCC. The van der Waals surface area contributed by atoms with Crippen LogP contribution in [-0.2, 0) is 28.6 Å². The summed E-state index contributed by atoms with van der Waals surface area (Å²) in [5, 5.41) is 0. The van der Waals surface area contributed by atoms with E-state index in [1.165, 1.54) is 148 Å². The molecule has 0 N–H and O–H groups in total. The van der Waals surface area contributed by atoms with Crippen molar-refractivity contribution in [3.05, 3.63) is 109 Å². The smallest absolute Gasteiger partial charge is 0.306 e. The molecular formula is C72H122O6. The van der Waals surface area contributed by atoms with Crippen molar-refractivity contribution in [3.8, 4) is 0 Å². The summed E-state index contributed by atoms with van der Waals surface area (Å²) >= 11 is 0. The Hall–Kier alpha value is -3.93. The first kappa shape index (κ1) is 74.1. The first-order chi connectivity index (χ1) is 38.5. The Bertz CT molecular complexity index is 1570. The molecule has 0 saturated heterocycles. The van der Waals surface area contributed by atoms with Crippen LogP contribution in [0, 0.1) is 0 Å². The highest BCUT2D eigenvalue weighted by Crippen LogP contribution is 2.17. The van der Waals surface area contributed by atoms with E-state index in [-0.39, 0.29) is 31.1 Å². The van der Waals surface area contributed by atoms with Crippen molar-refractivity contribution in [2.24, 2.45) is 0 Å². The van der Waals surface area contributed by atoms with E-state index in [0.717, 1.165) is 122 Å². The van der Waals surface area contributed by atoms with Crippen LogP contribution in [0.15, 0.2) is 109 Å². The van der Waals surface area contributed by atoms with Gasteiger partial charge in [-0.1, -0.05) is 310 Å². The minimum Gasteiger partial charge on any atom is -0.462 e. The van der Waals surface area contributed by atoms with E-state index in [9.17, 15) is 14.4 Å². The maximum Gasteiger partial charge on any atom is 0.306 e. The van der Waals surface area contributed by atoms with Crippen LogP contribution in [0.3, 0.4) is 0 Å². The highest BCUT2D eigenvalue weighted by atomic mass is 16.6. The molecule has 0 saturated carbocycles. The van der Waals surface area contributed by atoms with E-state index in [1.807, 2.05) is 0 Å². The molecule has 446 valence electrons. The molecule has 0 aromatic rings. The molecule has 0 aliphatic carbocycles. The Labute approximate surface area is 482 Å². The van der Waals surface area contributed by atoms with Crippen molar-refractivity contribution < 1.29 is 28.6 Å². The molecule has 0 rings (SSSR count). The third-order valence-electron chi connectivity index (χ3n) is 14.0. The van der Waals surface area contributed by atoms with Gasteiger partial charge in [-0.25, -0.2) is 0 Å². The van der Waals surface area contributed by atoms with E-state index < -0.39 is 6.10 Å². The van der Waals surface area contributed by atoms with Gasteiger partial charge in [-0.15, -0.1) is 0 Å². The summed E-state index contributed by atoms with van der Waals surface area (Å²) in [6, 6.07) is 0. The molecule has 0 bridgehead atoms. The summed E-state index contributed by atoms with van der Waals surface area (Å²) in [5.41, 5.74) is 0.